The molecule has 1 aliphatic heterocycles. The molecule has 0 aromatic carbocycles. The molecule has 4 nitrogen and oxygen atoms in total. The van der Waals surface area contributed by atoms with Crippen LogP contribution in [-0.2, 0) is 9.59 Å². The van der Waals surface area contributed by atoms with Gasteiger partial charge in [0.05, 0.1) is 6.54 Å². The van der Waals surface area contributed by atoms with Crippen molar-refractivity contribution in [1.29, 1.82) is 0 Å². The maximum Gasteiger partial charge on any atom is 0.241 e. The largest absolute Gasteiger partial charge is 0.347 e. The summed E-state index contributed by atoms with van der Waals surface area (Å²) in [6.45, 7) is 1.91. The Bertz CT molecular complexity index is 279. The summed E-state index contributed by atoms with van der Waals surface area (Å²) in [7, 11) is 0. The van der Waals surface area contributed by atoms with Crippen LogP contribution in [0.2, 0.25) is 0 Å². The standard InChI is InChI=1S/C13H22N2O2/c16-12(15-8-4-5-9-15)10-14-13(17)11-6-2-1-3-7-11/h11H,1-10H2,(H,14,17). The molecule has 1 saturated heterocycles. The monoisotopic (exact) mass is 238 g/mol. The van der Waals surface area contributed by atoms with Crippen LogP contribution < -0.4 is 5.32 Å². The van der Waals surface area contributed by atoms with Crippen molar-refractivity contribution >= 4 is 11.8 Å². The lowest BCUT2D eigenvalue weighted by Crippen LogP contribution is -2.41. The molecule has 4 heteroatoms. The number of amides is 2. The zero-order valence-electron chi connectivity index (χ0n) is 10.4. The normalized spacial score (nSPS) is 21.5. The van der Waals surface area contributed by atoms with Gasteiger partial charge < -0.3 is 10.2 Å². The molecule has 2 rings (SSSR count). The molecule has 0 radical (unpaired) electrons. The molecule has 0 atom stereocenters. The van der Waals surface area contributed by atoms with E-state index in [1.54, 1.807) is 0 Å². The van der Waals surface area contributed by atoms with Gasteiger partial charge >= 0.3 is 0 Å². The minimum absolute atomic E-state index is 0.0756. The quantitative estimate of drug-likeness (QED) is 0.806. The highest BCUT2D eigenvalue weighted by Crippen LogP contribution is 2.23. The molecule has 2 amide bonds. The molecule has 2 aliphatic rings. The molecule has 1 heterocycles. The van der Waals surface area contributed by atoms with Crippen LogP contribution in [0.4, 0.5) is 0 Å². The van der Waals surface area contributed by atoms with E-state index >= 15 is 0 Å². The molecule has 96 valence electrons. The highest BCUT2D eigenvalue weighted by Gasteiger charge is 2.23. The second-order valence-electron chi connectivity index (χ2n) is 5.14. The molecular weight excluding hydrogens is 216 g/mol. The first-order valence-corrected chi connectivity index (χ1v) is 6.83. The fourth-order valence-corrected chi connectivity index (χ4v) is 2.75. The van der Waals surface area contributed by atoms with Crippen LogP contribution in [0.5, 0.6) is 0 Å². The lowest BCUT2D eigenvalue weighted by molar-refractivity contribution is -0.133. The zero-order chi connectivity index (χ0) is 12.1. The molecule has 0 aromatic heterocycles. The lowest BCUT2D eigenvalue weighted by Gasteiger charge is -2.21. The van der Waals surface area contributed by atoms with Crippen molar-refractivity contribution in [2.45, 2.75) is 44.9 Å². The first-order valence-electron chi connectivity index (χ1n) is 6.83. The Morgan fingerprint density at radius 1 is 1.00 bits per heavy atom. The van der Waals surface area contributed by atoms with Crippen molar-refractivity contribution in [2.24, 2.45) is 5.92 Å². The Labute approximate surface area is 103 Å². The van der Waals surface area contributed by atoms with Gasteiger partial charge in [0.15, 0.2) is 0 Å². The van der Waals surface area contributed by atoms with Gasteiger partial charge in [-0.05, 0) is 25.7 Å². The highest BCUT2D eigenvalue weighted by molar-refractivity contribution is 5.85. The molecule has 0 unspecified atom stereocenters. The van der Waals surface area contributed by atoms with E-state index in [1.165, 1.54) is 6.42 Å². The third kappa shape index (κ3) is 3.45. The van der Waals surface area contributed by atoms with Crippen LogP contribution in [0.1, 0.15) is 44.9 Å². The van der Waals surface area contributed by atoms with Crippen LogP contribution in [0.25, 0.3) is 0 Å². The zero-order valence-corrected chi connectivity index (χ0v) is 10.4. The van der Waals surface area contributed by atoms with Crippen LogP contribution in [0.15, 0.2) is 0 Å². The van der Waals surface area contributed by atoms with E-state index in [0.717, 1.165) is 51.6 Å². The van der Waals surface area contributed by atoms with Crippen molar-refractivity contribution in [1.82, 2.24) is 10.2 Å². The summed E-state index contributed by atoms with van der Waals surface area (Å²) in [5.41, 5.74) is 0. The fraction of sp³-hybridized carbons (Fsp3) is 0.846. The van der Waals surface area contributed by atoms with E-state index in [9.17, 15) is 9.59 Å². The fourth-order valence-electron chi connectivity index (χ4n) is 2.75. The van der Waals surface area contributed by atoms with E-state index in [1.807, 2.05) is 4.90 Å². The summed E-state index contributed by atoms with van der Waals surface area (Å²) < 4.78 is 0. The molecule has 1 N–H and O–H groups in total. The minimum Gasteiger partial charge on any atom is -0.347 e. The van der Waals surface area contributed by atoms with Crippen LogP contribution in [0, 0.1) is 5.92 Å². The Hall–Kier alpha value is -1.06. The first-order chi connectivity index (χ1) is 8.27. The molecule has 17 heavy (non-hydrogen) atoms. The van der Waals surface area contributed by atoms with Gasteiger partial charge in [-0.25, -0.2) is 0 Å². The summed E-state index contributed by atoms with van der Waals surface area (Å²) in [5, 5.41) is 2.80. The number of nitrogens with one attached hydrogen (secondary N) is 1. The molecule has 1 saturated carbocycles. The van der Waals surface area contributed by atoms with Gasteiger partial charge in [-0.15, -0.1) is 0 Å². The average molecular weight is 238 g/mol. The summed E-state index contributed by atoms with van der Waals surface area (Å²) in [6.07, 6.45) is 7.73. The lowest BCUT2D eigenvalue weighted by atomic mass is 9.89. The van der Waals surface area contributed by atoms with Gasteiger partial charge in [-0.2, -0.15) is 0 Å². The maximum absolute atomic E-state index is 11.8. The minimum atomic E-state index is 0.0756. The van der Waals surface area contributed by atoms with Crippen molar-refractivity contribution in [3.8, 4) is 0 Å². The maximum atomic E-state index is 11.8. The van der Waals surface area contributed by atoms with E-state index in [-0.39, 0.29) is 24.3 Å². The third-order valence-electron chi connectivity index (χ3n) is 3.85. The smallest absolute Gasteiger partial charge is 0.241 e. The number of rotatable bonds is 3. The van der Waals surface area contributed by atoms with Gasteiger partial charge in [0.1, 0.15) is 0 Å². The number of likely N-dealkylation sites (tertiary alicyclic amines) is 1. The van der Waals surface area contributed by atoms with E-state index < -0.39 is 0 Å². The summed E-state index contributed by atoms with van der Waals surface area (Å²) in [4.78, 5) is 25.4. The van der Waals surface area contributed by atoms with E-state index in [4.69, 9.17) is 0 Å². The molecule has 0 aromatic rings. The molecule has 0 spiro atoms. The second kappa shape index (κ2) is 6.03. The number of nitrogens with zero attached hydrogens (tertiary/aromatic N) is 1. The van der Waals surface area contributed by atoms with Gasteiger partial charge in [0.25, 0.3) is 0 Å². The van der Waals surface area contributed by atoms with Crippen molar-refractivity contribution < 1.29 is 9.59 Å². The van der Waals surface area contributed by atoms with E-state index in [2.05, 4.69) is 5.32 Å². The van der Waals surface area contributed by atoms with E-state index in [0.29, 0.717) is 0 Å². The predicted octanol–water partition coefficient (Wildman–Crippen LogP) is 1.31. The summed E-state index contributed by atoms with van der Waals surface area (Å²) in [6, 6.07) is 0. The van der Waals surface area contributed by atoms with Crippen LogP contribution in [-0.4, -0.2) is 36.3 Å². The molecule has 2 fully saturated rings. The Kier molecular flexibility index (Phi) is 4.40. The summed E-state index contributed by atoms with van der Waals surface area (Å²) in [5.74, 6) is 0.305. The van der Waals surface area contributed by atoms with Crippen LogP contribution >= 0.6 is 0 Å². The van der Waals surface area contributed by atoms with Crippen LogP contribution in [0.3, 0.4) is 0 Å². The van der Waals surface area contributed by atoms with Gasteiger partial charge in [-0.1, -0.05) is 19.3 Å². The van der Waals surface area contributed by atoms with Crippen molar-refractivity contribution in [3.05, 3.63) is 0 Å². The van der Waals surface area contributed by atoms with Crippen molar-refractivity contribution in [3.63, 3.8) is 0 Å². The first kappa shape index (κ1) is 12.4. The number of hydrogen-bond acceptors (Lipinski definition) is 2. The molecule has 0 bridgehead atoms. The molecule has 1 aliphatic carbocycles. The van der Waals surface area contributed by atoms with Gasteiger partial charge in [0.2, 0.25) is 11.8 Å². The summed E-state index contributed by atoms with van der Waals surface area (Å²) >= 11 is 0. The third-order valence-corrected chi connectivity index (χ3v) is 3.85. The highest BCUT2D eigenvalue weighted by atomic mass is 16.2. The SMILES string of the molecule is O=C(NCC(=O)N1CCCC1)C1CCCCC1. The van der Waals surface area contributed by atoms with Gasteiger partial charge in [-0.3, -0.25) is 9.59 Å². The second-order valence-corrected chi connectivity index (χ2v) is 5.14. The average Bonchev–Trinajstić information content (AvgIpc) is 2.90. The predicted molar refractivity (Wildman–Crippen MR) is 65.4 cm³/mol. The Morgan fingerprint density at radius 2 is 1.65 bits per heavy atom. The Balaban J connectivity index is 1.69. The molecular formula is C13H22N2O2. The van der Waals surface area contributed by atoms with Gasteiger partial charge in [0, 0.05) is 19.0 Å². The number of carbonyl (C=O) groups is 2. The van der Waals surface area contributed by atoms with Crippen molar-refractivity contribution in [2.75, 3.05) is 19.6 Å². The number of hydrogen-bond donors (Lipinski definition) is 1. The topological polar surface area (TPSA) is 49.4 Å². The number of carbonyl (C=O) groups excluding carboxylic acids is 2. The Morgan fingerprint density at radius 3 is 2.29 bits per heavy atom.